The number of benzene rings is 2. The van der Waals surface area contributed by atoms with Crippen molar-refractivity contribution in [2.45, 2.75) is 42.5 Å². The molecule has 8 heteroatoms. The topological polar surface area (TPSA) is 92.5 Å². The number of carbonyl (C=O) groups excluding carboxylic acids is 1. The molecule has 29 heavy (non-hydrogen) atoms. The van der Waals surface area contributed by atoms with Crippen LogP contribution in [0.2, 0.25) is 5.02 Å². The molecule has 4 rings (SSSR count). The number of piperidine rings is 1. The lowest BCUT2D eigenvalue weighted by atomic mass is 9.88. The fraction of sp³-hybridized carbons (Fsp3) is 0.381. The van der Waals surface area contributed by atoms with E-state index in [2.05, 4.69) is 11.4 Å². The van der Waals surface area contributed by atoms with Gasteiger partial charge in [-0.15, -0.1) is 0 Å². The van der Waals surface area contributed by atoms with Crippen molar-refractivity contribution in [1.82, 2.24) is 4.31 Å². The van der Waals surface area contributed by atoms with Gasteiger partial charge in [0.25, 0.3) is 0 Å². The lowest BCUT2D eigenvalue weighted by Crippen LogP contribution is -2.58. The van der Waals surface area contributed by atoms with E-state index in [1.54, 1.807) is 18.2 Å². The van der Waals surface area contributed by atoms with Crippen LogP contribution in [0.3, 0.4) is 0 Å². The van der Waals surface area contributed by atoms with Gasteiger partial charge in [0.05, 0.1) is 10.6 Å². The second kappa shape index (κ2) is 7.72. The Morgan fingerprint density at radius 3 is 2.48 bits per heavy atom. The van der Waals surface area contributed by atoms with Gasteiger partial charge in [0.1, 0.15) is 4.90 Å². The van der Waals surface area contributed by atoms with Crippen molar-refractivity contribution in [1.29, 1.82) is 0 Å². The molecule has 1 amide bonds. The van der Waals surface area contributed by atoms with E-state index >= 15 is 0 Å². The van der Waals surface area contributed by atoms with Gasteiger partial charge in [-0.3, -0.25) is 4.79 Å². The summed E-state index contributed by atoms with van der Waals surface area (Å²) >= 11 is 6.07. The first-order valence-corrected chi connectivity index (χ1v) is 11.6. The van der Waals surface area contributed by atoms with Crippen LogP contribution in [0.15, 0.2) is 47.4 Å². The first kappa shape index (κ1) is 20.3. The number of nitrogens with zero attached hydrogens (tertiary/aromatic N) is 1. The fourth-order valence-corrected chi connectivity index (χ4v) is 5.99. The monoisotopic (exact) mass is 433 g/mol. The van der Waals surface area contributed by atoms with Crippen LogP contribution < -0.4 is 11.1 Å². The molecule has 0 unspecified atom stereocenters. The van der Waals surface area contributed by atoms with E-state index in [9.17, 15) is 13.2 Å². The highest BCUT2D eigenvalue weighted by Gasteiger charge is 2.41. The molecule has 1 fully saturated rings. The van der Waals surface area contributed by atoms with Crippen molar-refractivity contribution >= 4 is 33.2 Å². The summed E-state index contributed by atoms with van der Waals surface area (Å²) in [6, 6.07) is 12.3. The van der Waals surface area contributed by atoms with Gasteiger partial charge < -0.3 is 11.1 Å². The summed E-state index contributed by atoms with van der Waals surface area (Å²) < 4.78 is 27.1. The molecule has 0 radical (unpaired) electrons. The number of anilines is 1. The highest BCUT2D eigenvalue weighted by molar-refractivity contribution is 7.89. The third-order valence-corrected chi connectivity index (χ3v) is 8.28. The number of nitrogens with one attached hydrogen (secondary N) is 1. The lowest BCUT2D eigenvalue weighted by molar-refractivity contribution is -0.122. The van der Waals surface area contributed by atoms with E-state index in [-0.39, 0.29) is 41.8 Å². The molecule has 1 saturated heterocycles. The Labute approximate surface area is 176 Å². The molecule has 6 nitrogen and oxygen atoms in total. The maximum Gasteiger partial charge on any atom is 0.244 e. The predicted molar refractivity (Wildman–Crippen MR) is 113 cm³/mol. The Bertz CT molecular complexity index is 1050. The minimum absolute atomic E-state index is 0.0776. The number of fused-ring (bicyclic) bond motifs is 1. The standard InChI is InChI=1S/C21H24ClN3O3S/c22-18-6-1-2-7-19(18)29(27,28)25-12-10-21(23,11-13-25)20(26)24-17-9-8-15-4-3-5-16(15)14-17/h1-2,6-9,14H,3-5,10-13,23H2,(H,24,26). The molecule has 1 heterocycles. The number of hydrogen-bond donors (Lipinski definition) is 2. The van der Waals surface area contributed by atoms with Gasteiger partial charge in [0, 0.05) is 18.8 Å². The maximum atomic E-state index is 12.9. The Balaban J connectivity index is 1.44. The molecule has 0 atom stereocenters. The number of aryl methyl sites for hydroxylation is 2. The van der Waals surface area contributed by atoms with Crippen molar-refractivity contribution in [2.75, 3.05) is 18.4 Å². The minimum atomic E-state index is -3.72. The zero-order chi connectivity index (χ0) is 20.6. The number of hydrogen-bond acceptors (Lipinski definition) is 4. The second-order valence-corrected chi connectivity index (χ2v) is 10.1. The highest BCUT2D eigenvalue weighted by Crippen LogP contribution is 2.30. The van der Waals surface area contributed by atoms with Gasteiger partial charge in [-0.1, -0.05) is 29.8 Å². The van der Waals surface area contributed by atoms with E-state index in [1.807, 2.05) is 12.1 Å². The van der Waals surface area contributed by atoms with Gasteiger partial charge in [-0.2, -0.15) is 4.31 Å². The van der Waals surface area contributed by atoms with Gasteiger partial charge in [0.15, 0.2) is 0 Å². The molecule has 2 aromatic carbocycles. The summed E-state index contributed by atoms with van der Waals surface area (Å²) in [5.74, 6) is -0.273. The van der Waals surface area contributed by atoms with Gasteiger partial charge in [-0.05, 0) is 67.5 Å². The summed E-state index contributed by atoms with van der Waals surface area (Å²) in [5, 5.41) is 3.11. The molecule has 0 saturated carbocycles. The Morgan fingerprint density at radius 2 is 1.76 bits per heavy atom. The minimum Gasteiger partial charge on any atom is -0.324 e. The fourth-order valence-electron chi connectivity index (χ4n) is 4.05. The molecule has 154 valence electrons. The molecule has 0 spiro atoms. The number of rotatable bonds is 4. The quantitative estimate of drug-likeness (QED) is 0.775. The van der Waals surface area contributed by atoms with Crippen LogP contribution in [-0.4, -0.2) is 37.3 Å². The first-order valence-electron chi connectivity index (χ1n) is 9.76. The Hall–Kier alpha value is -1.93. The first-order chi connectivity index (χ1) is 13.8. The average molecular weight is 434 g/mol. The second-order valence-electron chi connectivity index (χ2n) is 7.78. The normalized spacial score (nSPS) is 19.0. The smallest absolute Gasteiger partial charge is 0.244 e. The Morgan fingerprint density at radius 1 is 1.07 bits per heavy atom. The van der Waals surface area contributed by atoms with E-state index < -0.39 is 15.6 Å². The van der Waals surface area contributed by atoms with Gasteiger partial charge in [0.2, 0.25) is 15.9 Å². The summed E-state index contributed by atoms with van der Waals surface area (Å²) in [5.41, 5.74) is 8.62. The average Bonchev–Trinajstić information content (AvgIpc) is 3.16. The number of nitrogens with two attached hydrogens (primary N) is 1. The van der Waals surface area contributed by atoms with Crippen molar-refractivity contribution in [2.24, 2.45) is 5.73 Å². The van der Waals surface area contributed by atoms with Crippen LogP contribution in [-0.2, 0) is 27.7 Å². The zero-order valence-corrected chi connectivity index (χ0v) is 17.6. The molecule has 1 aliphatic heterocycles. The molecule has 1 aliphatic carbocycles. The van der Waals surface area contributed by atoms with Crippen molar-refractivity contribution in [3.05, 3.63) is 58.6 Å². The van der Waals surface area contributed by atoms with Crippen molar-refractivity contribution in [3.8, 4) is 0 Å². The summed E-state index contributed by atoms with van der Waals surface area (Å²) in [7, 11) is -3.72. The third-order valence-electron chi connectivity index (χ3n) is 5.88. The van der Waals surface area contributed by atoms with E-state index in [0.717, 1.165) is 24.9 Å². The summed E-state index contributed by atoms with van der Waals surface area (Å²) in [4.78, 5) is 12.9. The van der Waals surface area contributed by atoms with Gasteiger partial charge >= 0.3 is 0 Å². The maximum absolute atomic E-state index is 12.9. The predicted octanol–water partition coefficient (Wildman–Crippen LogP) is 2.95. The van der Waals surface area contributed by atoms with E-state index in [1.165, 1.54) is 21.5 Å². The van der Waals surface area contributed by atoms with Crippen LogP contribution in [0.5, 0.6) is 0 Å². The summed E-state index contributed by atoms with van der Waals surface area (Å²) in [6.45, 7) is 0.337. The van der Waals surface area contributed by atoms with E-state index in [0.29, 0.717) is 0 Å². The van der Waals surface area contributed by atoms with Crippen LogP contribution in [0, 0.1) is 0 Å². The number of amides is 1. The van der Waals surface area contributed by atoms with Crippen molar-refractivity contribution < 1.29 is 13.2 Å². The molecule has 0 bridgehead atoms. The zero-order valence-electron chi connectivity index (χ0n) is 16.0. The molecular weight excluding hydrogens is 410 g/mol. The van der Waals surface area contributed by atoms with Crippen LogP contribution in [0.1, 0.15) is 30.4 Å². The van der Waals surface area contributed by atoms with Gasteiger partial charge in [-0.25, -0.2) is 8.42 Å². The molecule has 3 N–H and O–H groups in total. The SMILES string of the molecule is NC1(C(=O)Nc2ccc3c(c2)CCC3)CCN(S(=O)(=O)c2ccccc2Cl)CC1. The largest absolute Gasteiger partial charge is 0.324 e. The Kier molecular flexibility index (Phi) is 5.42. The molecule has 0 aromatic heterocycles. The summed E-state index contributed by atoms with van der Waals surface area (Å²) in [6.07, 6.45) is 3.74. The number of sulfonamides is 1. The number of carbonyl (C=O) groups is 1. The third kappa shape index (κ3) is 3.92. The van der Waals surface area contributed by atoms with E-state index in [4.69, 9.17) is 17.3 Å². The number of halogens is 1. The molecule has 2 aromatic rings. The van der Waals surface area contributed by atoms with Crippen molar-refractivity contribution in [3.63, 3.8) is 0 Å². The lowest BCUT2D eigenvalue weighted by Gasteiger charge is -2.37. The molecule has 2 aliphatic rings. The van der Waals surface area contributed by atoms with Crippen LogP contribution >= 0.6 is 11.6 Å². The van der Waals surface area contributed by atoms with Crippen LogP contribution in [0.4, 0.5) is 5.69 Å². The highest BCUT2D eigenvalue weighted by atomic mass is 35.5. The molecular formula is C21H24ClN3O3S. The van der Waals surface area contributed by atoms with Crippen LogP contribution in [0.25, 0.3) is 0 Å².